The van der Waals surface area contributed by atoms with Crippen LogP contribution >= 0.6 is 11.8 Å². The number of carbonyl (C=O) groups excluding carboxylic acids is 1. The first-order valence-corrected chi connectivity index (χ1v) is 6.78. The number of likely N-dealkylation sites (N-methyl/N-ethyl adjacent to an activating group) is 1. The highest BCUT2D eigenvalue weighted by Crippen LogP contribution is 2.42. The summed E-state index contributed by atoms with van der Waals surface area (Å²) in [7, 11) is 1.48. The first-order chi connectivity index (χ1) is 7.21. The van der Waals surface area contributed by atoms with Gasteiger partial charge in [-0.25, -0.2) is 0 Å². The molecular weight excluding hydrogens is 210 g/mol. The fourth-order valence-electron chi connectivity index (χ4n) is 1.95. The van der Waals surface area contributed by atoms with Gasteiger partial charge in [-0.15, -0.1) is 0 Å². The lowest BCUT2D eigenvalue weighted by atomic mass is 9.95. The molecule has 1 unspecified atom stereocenters. The predicted molar refractivity (Wildman–Crippen MR) is 64.1 cm³/mol. The van der Waals surface area contributed by atoms with Crippen LogP contribution in [-0.2, 0) is 9.53 Å². The van der Waals surface area contributed by atoms with Gasteiger partial charge < -0.3 is 10.1 Å². The summed E-state index contributed by atoms with van der Waals surface area (Å²) >= 11 is 1.80. The monoisotopic (exact) mass is 231 g/mol. The summed E-state index contributed by atoms with van der Waals surface area (Å²) in [4.78, 5) is 11.9. The lowest BCUT2D eigenvalue weighted by Gasteiger charge is -2.31. The Hall–Kier alpha value is -0.220. The van der Waals surface area contributed by atoms with Crippen LogP contribution in [0, 0.1) is 5.92 Å². The van der Waals surface area contributed by atoms with E-state index in [9.17, 15) is 4.79 Å². The quantitative estimate of drug-likeness (QED) is 0.676. The molecule has 0 amide bonds. The summed E-state index contributed by atoms with van der Waals surface area (Å²) in [6.07, 6.45) is 2.29. The van der Waals surface area contributed by atoms with E-state index in [1.54, 1.807) is 11.8 Å². The summed E-state index contributed by atoms with van der Waals surface area (Å²) in [5.74, 6) is 2.25. The van der Waals surface area contributed by atoms with E-state index in [1.165, 1.54) is 7.11 Å². The Kier molecular flexibility index (Phi) is 4.93. The second-order valence-electron chi connectivity index (χ2n) is 3.90. The molecule has 88 valence electrons. The molecule has 1 rings (SSSR count). The van der Waals surface area contributed by atoms with Crippen molar-refractivity contribution < 1.29 is 9.53 Å². The number of esters is 1. The number of methoxy groups -OCH3 is 1. The molecular formula is C11H21NO2S. The molecule has 0 aromatic heterocycles. The molecule has 0 radical (unpaired) electrons. The van der Waals surface area contributed by atoms with Crippen molar-refractivity contribution in [2.45, 2.75) is 32.2 Å². The molecule has 0 bridgehead atoms. The van der Waals surface area contributed by atoms with Crippen molar-refractivity contribution in [3.63, 3.8) is 0 Å². The van der Waals surface area contributed by atoms with E-state index >= 15 is 0 Å². The third kappa shape index (κ3) is 2.88. The van der Waals surface area contributed by atoms with Gasteiger partial charge in [0, 0.05) is 5.75 Å². The van der Waals surface area contributed by atoms with E-state index in [0.717, 1.165) is 30.9 Å². The van der Waals surface area contributed by atoms with Crippen LogP contribution in [0.4, 0.5) is 0 Å². The highest BCUT2D eigenvalue weighted by atomic mass is 32.2. The van der Waals surface area contributed by atoms with Gasteiger partial charge in [0.1, 0.15) is 5.54 Å². The van der Waals surface area contributed by atoms with Crippen molar-refractivity contribution >= 4 is 17.7 Å². The van der Waals surface area contributed by atoms with Crippen molar-refractivity contribution in [1.29, 1.82) is 0 Å². The van der Waals surface area contributed by atoms with Gasteiger partial charge >= 0.3 is 5.97 Å². The molecule has 1 atom stereocenters. The lowest BCUT2D eigenvalue weighted by molar-refractivity contribution is -0.148. The largest absolute Gasteiger partial charge is 0.468 e. The molecule has 0 heterocycles. The van der Waals surface area contributed by atoms with Gasteiger partial charge in [-0.2, -0.15) is 11.8 Å². The van der Waals surface area contributed by atoms with E-state index in [-0.39, 0.29) is 5.97 Å². The Labute approximate surface area is 96.3 Å². The maximum atomic E-state index is 11.9. The molecule has 1 fully saturated rings. The summed E-state index contributed by atoms with van der Waals surface area (Å²) in [5.41, 5.74) is -0.426. The Balaban J connectivity index is 2.73. The molecule has 0 aromatic rings. The van der Waals surface area contributed by atoms with Crippen LogP contribution in [-0.4, -0.2) is 36.7 Å². The van der Waals surface area contributed by atoms with Crippen molar-refractivity contribution in [2.24, 2.45) is 5.92 Å². The number of nitrogens with one attached hydrogen (secondary N) is 1. The fourth-order valence-corrected chi connectivity index (χ4v) is 2.93. The summed E-state index contributed by atoms with van der Waals surface area (Å²) in [6, 6.07) is 0. The Morgan fingerprint density at radius 3 is 2.60 bits per heavy atom. The van der Waals surface area contributed by atoms with E-state index in [1.807, 2.05) is 6.92 Å². The van der Waals surface area contributed by atoms with Gasteiger partial charge in [0.05, 0.1) is 7.11 Å². The first-order valence-electron chi connectivity index (χ1n) is 5.62. The molecule has 4 heteroatoms. The normalized spacial score (nSPS) is 19.7. The van der Waals surface area contributed by atoms with Gasteiger partial charge in [-0.3, -0.25) is 4.79 Å². The number of thioether (sulfide) groups is 1. The van der Waals surface area contributed by atoms with E-state index in [2.05, 4.69) is 12.2 Å². The minimum atomic E-state index is -0.426. The van der Waals surface area contributed by atoms with Crippen LogP contribution in [0.1, 0.15) is 26.7 Å². The van der Waals surface area contributed by atoms with Crippen molar-refractivity contribution in [1.82, 2.24) is 5.32 Å². The Morgan fingerprint density at radius 2 is 2.20 bits per heavy atom. The van der Waals surface area contributed by atoms with Crippen molar-refractivity contribution in [3.05, 3.63) is 0 Å². The van der Waals surface area contributed by atoms with Gasteiger partial charge in [0.15, 0.2) is 0 Å². The molecule has 0 spiro atoms. The first kappa shape index (κ1) is 12.8. The summed E-state index contributed by atoms with van der Waals surface area (Å²) in [6.45, 7) is 4.97. The van der Waals surface area contributed by atoms with Gasteiger partial charge in [-0.1, -0.05) is 13.8 Å². The predicted octanol–water partition coefficient (Wildman–Crippen LogP) is 1.67. The highest BCUT2D eigenvalue weighted by molar-refractivity contribution is 7.99. The molecule has 1 aliphatic carbocycles. The number of carbonyl (C=O) groups is 1. The number of hydrogen-bond acceptors (Lipinski definition) is 4. The molecule has 15 heavy (non-hydrogen) atoms. The summed E-state index contributed by atoms with van der Waals surface area (Å²) < 4.78 is 4.95. The van der Waals surface area contributed by atoms with Crippen LogP contribution in [0.3, 0.4) is 0 Å². The fraction of sp³-hybridized carbons (Fsp3) is 0.909. The van der Waals surface area contributed by atoms with Gasteiger partial charge in [0.2, 0.25) is 0 Å². The third-order valence-electron chi connectivity index (χ3n) is 2.85. The molecule has 0 aliphatic heterocycles. The minimum Gasteiger partial charge on any atom is -0.468 e. The van der Waals surface area contributed by atoms with Crippen LogP contribution in [0.25, 0.3) is 0 Å². The smallest absolute Gasteiger partial charge is 0.327 e. The maximum absolute atomic E-state index is 11.9. The zero-order valence-electron chi connectivity index (χ0n) is 9.84. The number of rotatable bonds is 7. The van der Waals surface area contributed by atoms with Crippen molar-refractivity contribution in [3.8, 4) is 0 Å². The summed E-state index contributed by atoms with van der Waals surface area (Å²) in [5, 5.41) is 3.35. The maximum Gasteiger partial charge on any atom is 0.327 e. The Bertz CT molecular complexity index is 219. The SMILES string of the molecule is CCNC(CSCC)(C(=O)OC)C1CC1. The average molecular weight is 231 g/mol. The van der Waals surface area contributed by atoms with E-state index in [0.29, 0.717) is 5.92 Å². The van der Waals surface area contributed by atoms with Gasteiger partial charge in [-0.05, 0) is 31.1 Å². The molecule has 0 aromatic carbocycles. The number of ether oxygens (including phenoxy) is 1. The van der Waals surface area contributed by atoms with E-state index < -0.39 is 5.54 Å². The Morgan fingerprint density at radius 1 is 1.53 bits per heavy atom. The second-order valence-corrected chi connectivity index (χ2v) is 5.18. The molecule has 3 nitrogen and oxygen atoms in total. The minimum absolute atomic E-state index is 0.0900. The van der Waals surface area contributed by atoms with Crippen LogP contribution in [0.5, 0.6) is 0 Å². The molecule has 1 saturated carbocycles. The average Bonchev–Trinajstić information content (AvgIpc) is 3.07. The standard InChI is InChI=1S/C11H21NO2S/c1-4-12-11(8-15-5-2,9-6-7-9)10(13)14-3/h9,12H,4-8H2,1-3H3. The zero-order chi connectivity index (χ0) is 11.3. The number of hydrogen-bond donors (Lipinski definition) is 1. The van der Waals surface area contributed by atoms with Crippen molar-refractivity contribution in [2.75, 3.05) is 25.2 Å². The molecule has 0 saturated heterocycles. The van der Waals surface area contributed by atoms with Gasteiger partial charge in [0.25, 0.3) is 0 Å². The van der Waals surface area contributed by atoms with Crippen LogP contribution in [0.15, 0.2) is 0 Å². The third-order valence-corrected chi connectivity index (χ3v) is 3.92. The van der Waals surface area contributed by atoms with E-state index in [4.69, 9.17) is 4.74 Å². The lowest BCUT2D eigenvalue weighted by Crippen LogP contribution is -2.56. The molecule has 1 aliphatic rings. The topological polar surface area (TPSA) is 38.3 Å². The van der Waals surface area contributed by atoms with Crippen LogP contribution in [0.2, 0.25) is 0 Å². The second kappa shape index (κ2) is 5.75. The molecule has 1 N–H and O–H groups in total. The van der Waals surface area contributed by atoms with Crippen LogP contribution < -0.4 is 5.32 Å². The highest BCUT2D eigenvalue weighted by Gasteiger charge is 2.51. The zero-order valence-corrected chi connectivity index (χ0v) is 10.7.